The molecule has 0 aromatic carbocycles. The van der Waals surface area contributed by atoms with Gasteiger partial charge in [-0.25, -0.2) is 0 Å². The molecular formula is C11H24N2O3. The van der Waals surface area contributed by atoms with Crippen LogP contribution in [0.3, 0.4) is 0 Å². The van der Waals surface area contributed by atoms with Gasteiger partial charge in [-0.3, -0.25) is 4.79 Å². The summed E-state index contributed by atoms with van der Waals surface area (Å²) in [4.78, 5) is 10.4. The predicted octanol–water partition coefficient (Wildman–Crippen LogP) is 0.285. The molecular weight excluding hydrogens is 208 g/mol. The molecule has 3 N–H and O–H groups in total. The molecule has 1 amide bonds. The Balaban J connectivity index is 2.90. The average Bonchev–Trinajstić information content (AvgIpc) is 2.25. The highest BCUT2D eigenvalue weighted by Gasteiger charge is 1.94. The van der Waals surface area contributed by atoms with Crippen molar-refractivity contribution >= 4 is 5.91 Å². The largest absolute Gasteiger partial charge is 0.382 e. The van der Waals surface area contributed by atoms with Crippen LogP contribution in [-0.2, 0) is 14.3 Å². The van der Waals surface area contributed by atoms with Gasteiger partial charge >= 0.3 is 0 Å². The zero-order valence-corrected chi connectivity index (χ0v) is 10.2. The number of unbranched alkanes of at least 4 members (excludes halogenated alkanes) is 1. The molecule has 0 aromatic rings. The monoisotopic (exact) mass is 232 g/mol. The number of hydrogen-bond acceptors (Lipinski definition) is 4. The summed E-state index contributed by atoms with van der Waals surface area (Å²) < 4.78 is 10.2. The third kappa shape index (κ3) is 13.4. The fraction of sp³-hybridized carbons (Fsp3) is 0.909. The molecule has 0 heterocycles. The topological polar surface area (TPSA) is 73.6 Å². The molecule has 0 rings (SSSR count). The second-order valence-corrected chi connectivity index (χ2v) is 3.63. The minimum absolute atomic E-state index is 0.216. The summed E-state index contributed by atoms with van der Waals surface area (Å²) in [7, 11) is 1.66. The third-order valence-electron chi connectivity index (χ3n) is 2.10. The first-order valence-electron chi connectivity index (χ1n) is 5.83. The van der Waals surface area contributed by atoms with E-state index in [0.717, 1.165) is 39.0 Å². The van der Waals surface area contributed by atoms with E-state index in [1.54, 1.807) is 7.11 Å². The van der Waals surface area contributed by atoms with Crippen molar-refractivity contribution < 1.29 is 14.3 Å². The number of methoxy groups -OCH3 is 1. The summed E-state index contributed by atoms with van der Waals surface area (Å²) in [5.74, 6) is -0.216. The van der Waals surface area contributed by atoms with E-state index in [0.29, 0.717) is 19.6 Å². The van der Waals surface area contributed by atoms with Crippen LogP contribution >= 0.6 is 0 Å². The summed E-state index contributed by atoms with van der Waals surface area (Å²) in [6, 6.07) is 0. The summed E-state index contributed by atoms with van der Waals surface area (Å²) in [6.07, 6.45) is 3.35. The van der Waals surface area contributed by atoms with Crippen molar-refractivity contribution in [2.75, 3.05) is 40.0 Å². The van der Waals surface area contributed by atoms with E-state index < -0.39 is 0 Å². The molecule has 0 saturated heterocycles. The molecule has 96 valence electrons. The number of hydrogen-bond donors (Lipinski definition) is 2. The van der Waals surface area contributed by atoms with Gasteiger partial charge in [-0.05, 0) is 32.4 Å². The second kappa shape index (κ2) is 12.4. The number of amides is 1. The van der Waals surface area contributed by atoms with Crippen molar-refractivity contribution in [2.24, 2.45) is 5.73 Å². The van der Waals surface area contributed by atoms with E-state index in [-0.39, 0.29) is 5.91 Å². The lowest BCUT2D eigenvalue weighted by molar-refractivity contribution is -0.118. The zero-order chi connectivity index (χ0) is 12.1. The SMILES string of the molecule is COCCOCCCNCCCCC(N)=O. The van der Waals surface area contributed by atoms with Gasteiger partial charge in [0.2, 0.25) is 5.91 Å². The van der Waals surface area contributed by atoms with Crippen LogP contribution in [0.4, 0.5) is 0 Å². The fourth-order valence-corrected chi connectivity index (χ4v) is 1.22. The third-order valence-corrected chi connectivity index (χ3v) is 2.10. The Hall–Kier alpha value is -0.650. The molecule has 0 aliphatic carbocycles. The van der Waals surface area contributed by atoms with E-state index in [2.05, 4.69) is 5.32 Å². The fourth-order valence-electron chi connectivity index (χ4n) is 1.22. The van der Waals surface area contributed by atoms with Crippen LogP contribution in [0, 0.1) is 0 Å². The minimum atomic E-state index is -0.216. The van der Waals surface area contributed by atoms with Gasteiger partial charge in [0.1, 0.15) is 0 Å². The van der Waals surface area contributed by atoms with E-state index in [1.807, 2.05) is 0 Å². The first-order valence-corrected chi connectivity index (χ1v) is 5.83. The van der Waals surface area contributed by atoms with Gasteiger partial charge in [0, 0.05) is 20.1 Å². The van der Waals surface area contributed by atoms with Crippen LogP contribution in [0.1, 0.15) is 25.7 Å². The molecule has 0 saturated carbocycles. The molecule has 5 heteroatoms. The summed E-state index contributed by atoms with van der Waals surface area (Å²) in [6.45, 7) is 3.96. The lowest BCUT2D eigenvalue weighted by atomic mass is 10.2. The second-order valence-electron chi connectivity index (χ2n) is 3.63. The average molecular weight is 232 g/mol. The lowest BCUT2D eigenvalue weighted by Crippen LogP contribution is -2.19. The van der Waals surface area contributed by atoms with Crippen molar-refractivity contribution in [1.29, 1.82) is 0 Å². The van der Waals surface area contributed by atoms with Crippen LogP contribution < -0.4 is 11.1 Å². The van der Waals surface area contributed by atoms with Gasteiger partial charge in [0.25, 0.3) is 0 Å². The quantitative estimate of drug-likeness (QED) is 0.474. The zero-order valence-electron chi connectivity index (χ0n) is 10.2. The van der Waals surface area contributed by atoms with Crippen molar-refractivity contribution in [1.82, 2.24) is 5.32 Å². The molecule has 0 spiro atoms. The number of carbonyl (C=O) groups is 1. The van der Waals surface area contributed by atoms with Crippen molar-refractivity contribution in [3.8, 4) is 0 Å². The molecule has 0 aromatic heterocycles. The van der Waals surface area contributed by atoms with E-state index in [9.17, 15) is 4.79 Å². The van der Waals surface area contributed by atoms with Gasteiger partial charge in [0.15, 0.2) is 0 Å². The number of carbonyl (C=O) groups excluding carboxylic acids is 1. The first-order chi connectivity index (χ1) is 7.77. The van der Waals surface area contributed by atoms with Crippen LogP contribution in [0.2, 0.25) is 0 Å². The Morgan fingerprint density at radius 1 is 1.12 bits per heavy atom. The van der Waals surface area contributed by atoms with Gasteiger partial charge in [0.05, 0.1) is 13.2 Å². The number of ether oxygens (including phenoxy) is 2. The minimum Gasteiger partial charge on any atom is -0.382 e. The highest BCUT2D eigenvalue weighted by molar-refractivity contribution is 5.73. The summed E-state index contributed by atoms with van der Waals surface area (Å²) >= 11 is 0. The highest BCUT2D eigenvalue weighted by atomic mass is 16.5. The molecule has 16 heavy (non-hydrogen) atoms. The molecule has 0 atom stereocenters. The maximum atomic E-state index is 10.4. The van der Waals surface area contributed by atoms with Crippen molar-refractivity contribution in [2.45, 2.75) is 25.7 Å². The van der Waals surface area contributed by atoms with E-state index >= 15 is 0 Å². The standard InChI is InChI=1S/C11H24N2O3/c1-15-9-10-16-8-4-7-13-6-3-2-5-11(12)14/h13H,2-10H2,1H3,(H2,12,14). The smallest absolute Gasteiger partial charge is 0.217 e. The van der Waals surface area contributed by atoms with Gasteiger partial charge < -0.3 is 20.5 Å². The molecule has 0 aliphatic heterocycles. The Bertz CT molecular complexity index is 165. The first kappa shape index (κ1) is 15.3. The Labute approximate surface area is 97.7 Å². The maximum absolute atomic E-state index is 10.4. The molecule has 0 bridgehead atoms. The van der Waals surface area contributed by atoms with Gasteiger partial charge in [-0.2, -0.15) is 0 Å². The molecule has 0 aliphatic rings. The van der Waals surface area contributed by atoms with Crippen LogP contribution in [0.5, 0.6) is 0 Å². The molecule has 0 fully saturated rings. The van der Waals surface area contributed by atoms with Crippen molar-refractivity contribution in [3.63, 3.8) is 0 Å². The Morgan fingerprint density at radius 3 is 2.56 bits per heavy atom. The predicted molar refractivity (Wildman–Crippen MR) is 63.2 cm³/mol. The van der Waals surface area contributed by atoms with Gasteiger partial charge in [-0.15, -0.1) is 0 Å². The Kier molecular flexibility index (Phi) is 11.9. The molecule has 0 radical (unpaired) electrons. The number of primary amides is 1. The number of rotatable bonds is 12. The lowest BCUT2D eigenvalue weighted by Gasteiger charge is -2.05. The normalized spacial score (nSPS) is 10.6. The summed E-state index contributed by atoms with van der Waals surface area (Å²) in [5.41, 5.74) is 5.03. The van der Waals surface area contributed by atoms with Crippen molar-refractivity contribution in [3.05, 3.63) is 0 Å². The maximum Gasteiger partial charge on any atom is 0.217 e. The van der Waals surface area contributed by atoms with Crippen LogP contribution in [0.25, 0.3) is 0 Å². The van der Waals surface area contributed by atoms with Gasteiger partial charge in [-0.1, -0.05) is 0 Å². The Morgan fingerprint density at radius 2 is 1.88 bits per heavy atom. The number of nitrogens with two attached hydrogens (primary N) is 1. The van der Waals surface area contributed by atoms with Crippen LogP contribution in [-0.4, -0.2) is 45.9 Å². The summed E-state index contributed by atoms with van der Waals surface area (Å²) in [5, 5.41) is 3.29. The molecule has 5 nitrogen and oxygen atoms in total. The van der Waals surface area contributed by atoms with E-state index in [1.165, 1.54) is 0 Å². The number of nitrogens with one attached hydrogen (secondary N) is 1. The van der Waals surface area contributed by atoms with E-state index in [4.69, 9.17) is 15.2 Å². The highest BCUT2D eigenvalue weighted by Crippen LogP contribution is 1.92. The van der Waals surface area contributed by atoms with Crippen LogP contribution in [0.15, 0.2) is 0 Å². The molecule has 0 unspecified atom stereocenters.